The average Bonchev–Trinajstić information content (AvgIpc) is 2.94. The first-order chi connectivity index (χ1) is 11.3. The Hall–Kier alpha value is -1.55. The molecule has 1 amide bonds. The van der Waals surface area contributed by atoms with E-state index in [1.165, 1.54) is 11.1 Å². The van der Waals surface area contributed by atoms with Crippen molar-refractivity contribution < 1.29 is 9.53 Å². The van der Waals surface area contributed by atoms with Gasteiger partial charge in [-0.05, 0) is 50.7 Å². The Morgan fingerprint density at radius 1 is 1.29 bits per heavy atom. The summed E-state index contributed by atoms with van der Waals surface area (Å²) in [6.07, 6.45) is 1.90. The lowest BCUT2D eigenvalue weighted by molar-refractivity contribution is 0.0226. The molecular formula is C20H32N2O2. The van der Waals surface area contributed by atoms with Crippen LogP contribution in [-0.4, -0.2) is 35.7 Å². The topological polar surface area (TPSA) is 41.6 Å². The fourth-order valence-corrected chi connectivity index (χ4v) is 3.01. The van der Waals surface area contributed by atoms with E-state index in [1.54, 1.807) is 0 Å². The number of carbonyl (C=O) groups is 1. The molecule has 24 heavy (non-hydrogen) atoms. The first-order valence-electron chi connectivity index (χ1n) is 9.05. The van der Waals surface area contributed by atoms with E-state index in [9.17, 15) is 4.79 Å². The summed E-state index contributed by atoms with van der Waals surface area (Å²) < 4.78 is 5.51. The zero-order valence-corrected chi connectivity index (χ0v) is 15.8. The molecule has 4 nitrogen and oxygen atoms in total. The highest BCUT2D eigenvalue weighted by atomic mass is 16.6. The fourth-order valence-electron chi connectivity index (χ4n) is 3.01. The minimum absolute atomic E-state index is 0.187. The van der Waals surface area contributed by atoms with Crippen molar-refractivity contribution in [2.45, 2.75) is 71.6 Å². The lowest BCUT2D eigenvalue weighted by atomic mass is 10.0. The molecule has 1 aromatic carbocycles. The predicted molar refractivity (Wildman–Crippen MR) is 98.2 cm³/mol. The van der Waals surface area contributed by atoms with Crippen LogP contribution in [-0.2, 0) is 11.3 Å². The molecule has 1 unspecified atom stereocenters. The summed E-state index contributed by atoms with van der Waals surface area (Å²) in [6, 6.07) is 8.99. The predicted octanol–water partition coefficient (Wildman–Crippen LogP) is 4.30. The SMILES string of the molecule is CC(C)c1ccc(CNCC2CCCN2C(=O)OC(C)(C)C)cc1. The molecule has 1 saturated heterocycles. The molecule has 1 heterocycles. The molecule has 2 rings (SSSR count). The van der Waals surface area contributed by atoms with E-state index in [-0.39, 0.29) is 12.1 Å². The van der Waals surface area contributed by atoms with E-state index in [1.807, 2.05) is 25.7 Å². The van der Waals surface area contributed by atoms with Crippen molar-refractivity contribution >= 4 is 6.09 Å². The van der Waals surface area contributed by atoms with Crippen LogP contribution in [0.4, 0.5) is 4.79 Å². The summed E-state index contributed by atoms with van der Waals surface area (Å²) in [7, 11) is 0. The van der Waals surface area contributed by atoms with Crippen LogP contribution in [0.1, 0.15) is 64.5 Å². The Kier molecular flexibility index (Phi) is 6.27. The highest BCUT2D eigenvalue weighted by Gasteiger charge is 2.31. The van der Waals surface area contributed by atoms with Crippen LogP contribution in [0, 0.1) is 0 Å². The van der Waals surface area contributed by atoms with E-state index in [2.05, 4.69) is 43.4 Å². The van der Waals surface area contributed by atoms with Gasteiger partial charge in [-0.1, -0.05) is 38.1 Å². The maximum Gasteiger partial charge on any atom is 0.410 e. The number of rotatable bonds is 5. The Morgan fingerprint density at radius 2 is 1.96 bits per heavy atom. The highest BCUT2D eigenvalue weighted by Crippen LogP contribution is 2.20. The van der Waals surface area contributed by atoms with E-state index in [0.717, 1.165) is 32.5 Å². The molecule has 0 bridgehead atoms. The van der Waals surface area contributed by atoms with Crippen molar-refractivity contribution in [2.75, 3.05) is 13.1 Å². The maximum atomic E-state index is 12.3. The molecule has 0 spiro atoms. The number of amides is 1. The number of benzene rings is 1. The summed E-state index contributed by atoms with van der Waals surface area (Å²) in [4.78, 5) is 14.2. The highest BCUT2D eigenvalue weighted by molar-refractivity contribution is 5.69. The van der Waals surface area contributed by atoms with Gasteiger partial charge in [-0.2, -0.15) is 0 Å². The number of nitrogens with one attached hydrogen (secondary N) is 1. The normalized spacial score (nSPS) is 18.2. The molecule has 0 saturated carbocycles. The van der Waals surface area contributed by atoms with Crippen LogP contribution in [0.25, 0.3) is 0 Å². The quantitative estimate of drug-likeness (QED) is 0.874. The summed E-state index contributed by atoms with van der Waals surface area (Å²) in [5.41, 5.74) is 2.21. The fraction of sp³-hybridized carbons (Fsp3) is 0.650. The second-order valence-corrected chi connectivity index (χ2v) is 8.00. The second-order valence-electron chi connectivity index (χ2n) is 8.00. The maximum absolute atomic E-state index is 12.3. The molecule has 0 aliphatic carbocycles. The molecule has 0 radical (unpaired) electrons. The Bertz CT molecular complexity index is 532. The van der Waals surface area contributed by atoms with Crippen LogP contribution in [0.15, 0.2) is 24.3 Å². The number of nitrogens with zero attached hydrogens (tertiary/aromatic N) is 1. The van der Waals surface area contributed by atoms with Crippen molar-refractivity contribution in [1.29, 1.82) is 0 Å². The lowest BCUT2D eigenvalue weighted by Crippen LogP contribution is -2.44. The Balaban J connectivity index is 1.81. The summed E-state index contributed by atoms with van der Waals surface area (Å²) in [6.45, 7) is 12.6. The van der Waals surface area contributed by atoms with Gasteiger partial charge in [-0.25, -0.2) is 4.79 Å². The Labute approximate surface area is 146 Å². The summed E-state index contributed by atoms with van der Waals surface area (Å²) >= 11 is 0. The molecule has 1 N–H and O–H groups in total. The van der Waals surface area contributed by atoms with E-state index < -0.39 is 5.60 Å². The summed E-state index contributed by atoms with van der Waals surface area (Å²) in [5.74, 6) is 0.563. The van der Waals surface area contributed by atoms with Crippen LogP contribution in [0.3, 0.4) is 0 Å². The van der Waals surface area contributed by atoms with Gasteiger partial charge in [-0.3, -0.25) is 0 Å². The third-order valence-electron chi connectivity index (χ3n) is 4.36. The smallest absolute Gasteiger partial charge is 0.410 e. The molecular weight excluding hydrogens is 300 g/mol. The third kappa shape index (κ3) is 5.52. The van der Waals surface area contributed by atoms with Crippen molar-refractivity contribution in [3.8, 4) is 0 Å². The average molecular weight is 332 g/mol. The zero-order valence-electron chi connectivity index (χ0n) is 15.8. The first-order valence-corrected chi connectivity index (χ1v) is 9.05. The van der Waals surface area contributed by atoms with Gasteiger partial charge in [0, 0.05) is 25.7 Å². The number of ether oxygens (including phenoxy) is 1. The van der Waals surface area contributed by atoms with E-state index >= 15 is 0 Å². The van der Waals surface area contributed by atoms with Gasteiger partial charge in [-0.15, -0.1) is 0 Å². The first kappa shape index (κ1) is 18.8. The second kappa shape index (κ2) is 8.02. The number of carbonyl (C=O) groups excluding carboxylic acids is 1. The molecule has 134 valence electrons. The van der Waals surface area contributed by atoms with Gasteiger partial charge < -0.3 is 15.0 Å². The number of likely N-dealkylation sites (tertiary alicyclic amines) is 1. The van der Waals surface area contributed by atoms with Crippen molar-refractivity contribution in [3.05, 3.63) is 35.4 Å². The molecule has 1 aliphatic heterocycles. The zero-order chi connectivity index (χ0) is 17.7. The molecule has 1 aliphatic rings. The van der Waals surface area contributed by atoms with Crippen molar-refractivity contribution in [3.63, 3.8) is 0 Å². The van der Waals surface area contributed by atoms with Gasteiger partial charge in [0.25, 0.3) is 0 Å². The summed E-state index contributed by atoms with van der Waals surface area (Å²) in [5, 5.41) is 3.49. The molecule has 0 aromatic heterocycles. The van der Waals surface area contributed by atoms with Crippen LogP contribution >= 0.6 is 0 Å². The Morgan fingerprint density at radius 3 is 2.54 bits per heavy atom. The largest absolute Gasteiger partial charge is 0.444 e. The monoisotopic (exact) mass is 332 g/mol. The van der Waals surface area contributed by atoms with Gasteiger partial charge in [0.05, 0.1) is 0 Å². The minimum Gasteiger partial charge on any atom is -0.444 e. The third-order valence-corrected chi connectivity index (χ3v) is 4.36. The van der Waals surface area contributed by atoms with Gasteiger partial charge in [0.2, 0.25) is 0 Å². The van der Waals surface area contributed by atoms with Gasteiger partial charge in [0.1, 0.15) is 5.60 Å². The van der Waals surface area contributed by atoms with Crippen LogP contribution in [0.2, 0.25) is 0 Å². The van der Waals surface area contributed by atoms with Crippen molar-refractivity contribution in [2.24, 2.45) is 0 Å². The lowest BCUT2D eigenvalue weighted by Gasteiger charge is -2.28. The van der Waals surface area contributed by atoms with E-state index in [0.29, 0.717) is 5.92 Å². The molecule has 1 fully saturated rings. The van der Waals surface area contributed by atoms with Crippen molar-refractivity contribution in [1.82, 2.24) is 10.2 Å². The molecule has 1 aromatic rings. The number of hydrogen-bond donors (Lipinski definition) is 1. The van der Waals surface area contributed by atoms with E-state index in [4.69, 9.17) is 4.74 Å². The molecule has 1 atom stereocenters. The van der Waals surface area contributed by atoms with Crippen LogP contribution < -0.4 is 5.32 Å². The van der Waals surface area contributed by atoms with Crippen LogP contribution in [0.5, 0.6) is 0 Å². The standard InChI is InChI=1S/C20H32N2O2/c1-15(2)17-10-8-16(9-11-17)13-21-14-18-7-6-12-22(18)19(23)24-20(3,4)5/h8-11,15,18,21H,6-7,12-14H2,1-5H3. The van der Waals surface area contributed by atoms with Gasteiger partial charge in [0.15, 0.2) is 0 Å². The van der Waals surface area contributed by atoms with Gasteiger partial charge >= 0.3 is 6.09 Å². The molecule has 4 heteroatoms. The number of hydrogen-bond acceptors (Lipinski definition) is 3. The minimum atomic E-state index is -0.435.